The van der Waals surface area contributed by atoms with Gasteiger partial charge >= 0.3 is 0 Å². The minimum Gasteiger partial charge on any atom is -0.397 e. The zero-order valence-corrected chi connectivity index (χ0v) is 11.7. The fourth-order valence-electron chi connectivity index (χ4n) is 1.80. The molecule has 0 saturated heterocycles. The summed E-state index contributed by atoms with van der Waals surface area (Å²) in [6, 6.07) is 8.22. The van der Waals surface area contributed by atoms with Gasteiger partial charge in [0.25, 0.3) is 5.91 Å². The van der Waals surface area contributed by atoms with Gasteiger partial charge in [0.05, 0.1) is 11.4 Å². The van der Waals surface area contributed by atoms with Gasteiger partial charge in [0.2, 0.25) is 0 Å². The van der Waals surface area contributed by atoms with Crippen LogP contribution in [0.2, 0.25) is 0 Å². The highest BCUT2D eigenvalue weighted by Gasteiger charge is 2.10. The van der Waals surface area contributed by atoms with Gasteiger partial charge in [-0.15, -0.1) is 0 Å². The maximum Gasteiger partial charge on any atom is 0.253 e. The molecule has 2 aromatic rings. The Balaban J connectivity index is 2.25. The number of nitrogens with zero attached hydrogens (tertiary/aromatic N) is 1. The molecule has 2 aromatic carbocycles. The van der Waals surface area contributed by atoms with Gasteiger partial charge in [-0.1, -0.05) is 0 Å². The van der Waals surface area contributed by atoms with Crippen molar-refractivity contribution in [1.82, 2.24) is 4.90 Å². The van der Waals surface area contributed by atoms with Crippen LogP contribution in [0.3, 0.4) is 0 Å². The first-order chi connectivity index (χ1) is 9.88. The van der Waals surface area contributed by atoms with Gasteiger partial charge in [-0.2, -0.15) is 0 Å². The Morgan fingerprint density at radius 3 is 2.38 bits per heavy atom. The average molecular weight is 291 g/mol. The van der Waals surface area contributed by atoms with Crippen LogP contribution in [0.15, 0.2) is 36.4 Å². The molecule has 6 heteroatoms. The number of carbonyl (C=O) groups excluding carboxylic acids is 1. The summed E-state index contributed by atoms with van der Waals surface area (Å²) in [6.45, 7) is 0. The van der Waals surface area contributed by atoms with E-state index >= 15 is 0 Å². The summed E-state index contributed by atoms with van der Waals surface area (Å²) < 4.78 is 26.0. The quantitative estimate of drug-likeness (QED) is 0.855. The van der Waals surface area contributed by atoms with Crippen LogP contribution in [-0.4, -0.2) is 24.9 Å². The minimum atomic E-state index is -0.946. The molecule has 0 unspecified atom stereocenters. The largest absolute Gasteiger partial charge is 0.397 e. The third-order valence-corrected chi connectivity index (χ3v) is 2.90. The highest BCUT2D eigenvalue weighted by atomic mass is 19.2. The maximum absolute atomic E-state index is 13.1. The molecular weight excluding hydrogens is 276 g/mol. The van der Waals surface area contributed by atoms with Crippen LogP contribution in [0.25, 0.3) is 0 Å². The van der Waals surface area contributed by atoms with Gasteiger partial charge in [-0.05, 0) is 30.3 Å². The van der Waals surface area contributed by atoms with Crippen molar-refractivity contribution in [1.29, 1.82) is 0 Å². The van der Waals surface area contributed by atoms with Crippen molar-refractivity contribution in [2.75, 3.05) is 25.1 Å². The molecule has 0 fully saturated rings. The fraction of sp³-hybridized carbons (Fsp3) is 0.133. The van der Waals surface area contributed by atoms with E-state index in [9.17, 15) is 13.6 Å². The van der Waals surface area contributed by atoms with E-state index < -0.39 is 11.6 Å². The maximum atomic E-state index is 13.1. The normalized spacial score (nSPS) is 10.3. The molecular formula is C15H15F2N3O. The minimum absolute atomic E-state index is 0.166. The van der Waals surface area contributed by atoms with E-state index in [0.29, 0.717) is 22.6 Å². The van der Waals surface area contributed by atoms with Crippen molar-refractivity contribution in [3.8, 4) is 0 Å². The number of nitrogen functional groups attached to an aromatic ring is 1. The van der Waals surface area contributed by atoms with E-state index in [-0.39, 0.29) is 5.91 Å². The summed E-state index contributed by atoms with van der Waals surface area (Å²) in [5.41, 5.74) is 7.54. The summed E-state index contributed by atoms with van der Waals surface area (Å²) in [5, 5.41) is 2.88. The molecule has 0 radical (unpaired) electrons. The Bertz CT molecular complexity index is 687. The Labute approximate surface area is 121 Å². The number of rotatable bonds is 3. The number of anilines is 3. The van der Waals surface area contributed by atoms with Crippen LogP contribution in [0.5, 0.6) is 0 Å². The number of carbonyl (C=O) groups is 1. The van der Waals surface area contributed by atoms with Crippen molar-refractivity contribution in [3.63, 3.8) is 0 Å². The number of amides is 1. The molecule has 0 atom stereocenters. The molecule has 110 valence electrons. The predicted octanol–water partition coefficient (Wildman–Crippen LogP) is 2.99. The van der Waals surface area contributed by atoms with E-state index in [1.807, 2.05) is 0 Å². The van der Waals surface area contributed by atoms with Crippen molar-refractivity contribution < 1.29 is 13.6 Å². The van der Waals surface area contributed by atoms with Crippen molar-refractivity contribution in [2.24, 2.45) is 0 Å². The third kappa shape index (κ3) is 3.28. The molecule has 21 heavy (non-hydrogen) atoms. The van der Waals surface area contributed by atoms with Gasteiger partial charge in [-0.3, -0.25) is 4.79 Å². The molecule has 0 aliphatic carbocycles. The van der Waals surface area contributed by atoms with Gasteiger partial charge < -0.3 is 16.0 Å². The highest BCUT2D eigenvalue weighted by molar-refractivity contribution is 5.96. The fourth-order valence-corrected chi connectivity index (χ4v) is 1.80. The van der Waals surface area contributed by atoms with E-state index in [0.717, 1.165) is 12.1 Å². The lowest BCUT2D eigenvalue weighted by Crippen LogP contribution is -2.21. The van der Waals surface area contributed by atoms with Gasteiger partial charge in [0.15, 0.2) is 11.6 Å². The zero-order chi connectivity index (χ0) is 15.6. The SMILES string of the molecule is CN(C)C(=O)c1ccc(Nc2ccc(F)c(F)c2)c(N)c1. The number of nitrogens with two attached hydrogens (primary N) is 1. The summed E-state index contributed by atoms with van der Waals surface area (Å²) in [6.07, 6.45) is 0. The van der Waals surface area contributed by atoms with E-state index in [4.69, 9.17) is 5.73 Å². The molecule has 0 aromatic heterocycles. The monoisotopic (exact) mass is 291 g/mol. The average Bonchev–Trinajstić information content (AvgIpc) is 2.44. The molecule has 0 bridgehead atoms. The van der Waals surface area contributed by atoms with Crippen molar-refractivity contribution in [2.45, 2.75) is 0 Å². The van der Waals surface area contributed by atoms with Crippen LogP contribution in [0, 0.1) is 11.6 Å². The summed E-state index contributed by atoms with van der Waals surface area (Å²) in [7, 11) is 3.29. The topological polar surface area (TPSA) is 58.4 Å². The zero-order valence-electron chi connectivity index (χ0n) is 11.7. The second kappa shape index (κ2) is 5.78. The summed E-state index contributed by atoms with van der Waals surface area (Å²) in [4.78, 5) is 13.2. The second-order valence-corrected chi connectivity index (χ2v) is 4.76. The number of nitrogens with one attached hydrogen (secondary N) is 1. The Morgan fingerprint density at radius 2 is 1.81 bits per heavy atom. The molecule has 0 spiro atoms. The molecule has 0 heterocycles. The van der Waals surface area contributed by atoms with Crippen LogP contribution < -0.4 is 11.1 Å². The standard InChI is InChI=1S/C15H15F2N3O/c1-20(2)15(21)9-3-6-14(13(18)7-9)19-10-4-5-11(16)12(17)8-10/h3-8,19H,18H2,1-2H3. The lowest BCUT2D eigenvalue weighted by molar-refractivity contribution is 0.0827. The molecule has 4 nitrogen and oxygen atoms in total. The first-order valence-corrected chi connectivity index (χ1v) is 6.21. The van der Waals surface area contributed by atoms with Crippen LogP contribution in [0.4, 0.5) is 25.8 Å². The van der Waals surface area contributed by atoms with E-state index in [2.05, 4.69) is 5.32 Å². The second-order valence-electron chi connectivity index (χ2n) is 4.76. The smallest absolute Gasteiger partial charge is 0.253 e. The number of benzene rings is 2. The van der Waals surface area contributed by atoms with Crippen LogP contribution >= 0.6 is 0 Å². The summed E-state index contributed by atoms with van der Waals surface area (Å²) in [5.74, 6) is -2.03. The highest BCUT2D eigenvalue weighted by Crippen LogP contribution is 2.25. The number of hydrogen-bond donors (Lipinski definition) is 2. The molecule has 0 aliphatic rings. The van der Waals surface area contributed by atoms with E-state index in [1.165, 1.54) is 17.0 Å². The Morgan fingerprint density at radius 1 is 1.10 bits per heavy atom. The van der Waals surface area contributed by atoms with E-state index in [1.54, 1.807) is 26.2 Å². The Kier molecular flexibility index (Phi) is 4.07. The van der Waals surface area contributed by atoms with Crippen molar-refractivity contribution in [3.05, 3.63) is 53.6 Å². The number of hydrogen-bond acceptors (Lipinski definition) is 3. The molecule has 2 rings (SSSR count). The van der Waals surface area contributed by atoms with Crippen LogP contribution in [-0.2, 0) is 0 Å². The first-order valence-electron chi connectivity index (χ1n) is 6.21. The number of halogens is 2. The van der Waals surface area contributed by atoms with Crippen molar-refractivity contribution >= 4 is 23.0 Å². The molecule has 0 aliphatic heterocycles. The van der Waals surface area contributed by atoms with Gasteiger partial charge in [0, 0.05) is 31.4 Å². The Hall–Kier alpha value is -2.63. The first kappa shape index (κ1) is 14.8. The lowest BCUT2D eigenvalue weighted by atomic mass is 10.1. The lowest BCUT2D eigenvalue weighted by Gasteiger charge is -2.13. The molecule has 3 N–H and O–H groups in total. The molecule has 0 saturated carbocycles. The third-order valence-electron chi connectivity index (χ3n) is 2.90. The molecule has 1 amide bonds. The summed E-state index contributed by atoms with van der Waals surface area (Å²) >= 11 is 0. The van der Waals surface area contributed by atoms with Crippen LogP contribution in [0.1, 0.15) is 10.4 Å². The predicted molar refractivity (Wildman–Crippen MR) is 78.5 cm³/mol. The van der Waals surface area contributed by atoms with Gasteiger partial charge in [-0.25, -0.2) is 8.78 Å². The van der Waals surface area contributed by atoms with Gasteiger partial charge in [0.1, 0.15) is 0 Å².